The summed E-state index contributed by atoms with van der Waals surface area (Å²) in [5, 5.41) is 3.81. The Morgan fingerprint density at radius 2 is 2.00 bits per heavy atom. The molecule has 3 nitrogen and oxygen atoms in total. The molecule has 1 heterocycles. The molecule has 0 aliphatic rings. The quantitative estimate of drug-likeness (QED) is 0.723. The number of hydrogen-bond donors (Lipinski definition) is 0. The number of nitrogens with zero attached hydrogens (tertiary/aromatic N) is 2. The molecule has 0 saturated heterocycles. The molecule has 1 aromatic carbocycles. The molecule has 0 aliphatic heterocycles. The standard InChI is InChI=1S/C10H9ClN2O/c1-6-3-4-8(5-7(6)2)9-12-10(11)14-13-9/h3-5H,1-2H3. The van der Waals surface area contributed by atoms with Crippen molar-refractivity contribution in [3.05, 3.63) is 34.7 Å². The SMILES string of the molecule is Cc1ccc(-c2noc(Cl)n2)cc1C. The van der Waals surface area contributed by atoms with E-state index in [2.05, 4.69) is 17.1 Å². The van der Waals surface area contributed by atoms with Crippen molar-refractivity contribution in [2.45, 2.75) is 13.8 Å². The van der Waals surface area contributed by atoms with Gasteiger partial charge in [0.15, 0.2) is 0 Å². The molecule has 2 aromatic rings. The minimum Gasteiger partial charge on any atom is -0.321 e. The molecule has 14 heavy (non-hydrogen) atoms. The van der Waals surface area contributed by atoms with Crippen molar-refractivity contribution >= 4 is 11.6 Å². The van der Waals surface area contributed by atoms with E-state index < -0.39 is 0 Å². The van der Waals surface area contributed by atoms with Gasteiger partial charge < -0.3 is 4.52 Å². The Morgan fingerprint density at radius 3 is 2.57 bits per heavy atom. The molecule has 0 amide bonds. The van der Waals surface area contributed by atoms with Crippen molar-refractivity contribution in [2.24, 2.45) is 0 Å². The minimum atomic E-state index is 0.0678. The fraction of sp³-hybridized carbons (Fsp3) is 0.200. The molecule has 0 spiro atoms. The molecule has 0 bridgehead atoms. The number of aryl methyl sites for hydroxylation is 2. The number of hydrogen-bond acceptors (Lipinski definition) is 3. The van der Waals surface area contributed by atoms with Crippen molar-refractivity contribution in [3.8, 4) is 11.4 Å². The third kappa shape index (κ3) is 1.63. The average molecular weight is 209 g/mol. The highest BCUT2D eigenvalue weighted by Crippen LogP contribution is 2.20. The smallest absolute Gasteiger partial charge is 0.320 e. The van der Waals surface area contributed by atoms with Crippen molar-refractivity contribution in [1.82, 2.24) is 10.1 Å². The second-order valence-corrected chi connectivity index (χ2v) is 3.49. The number of benzene rings is 1. The molecule has 4 heteroatoms. The molecule has 0 radical (unpaired) electrons. The van der Waals surface area contributed by atoms with Gasteiger partial charge in [0.2, 0.25) is 5.82 Å². The zero-order valence-electron chi connectivity index (χ0n) is 7.91. The summed E-state index contributed by atoms with van der Waals surface area (Å²) in [5.74, 6) is 0.526. The van der Waals surface area contributed by atoms with E-state index in [1.54, 1.807) is 0 Å². The largest absolute Gasteiger partial charge is 0.321 e. The summed E-state index contributed by atoms with van der Waals surface area (Å²) >= 11 is 5.54. The number of rotatable bonds is 1. The van der Waals surface area contributed by atoms with Crippen LogP contribution in [-0.2, 0) is 0 Å². The highest BCUT2D eigenvalue weighted by Gasteiger charge is 2.06. The lowest BCUT2D eigenvalue weighted by Gasteiger charge is -2.00. The predicted molar refractivity (Wildman–Crippen MR) is 54.2 cm³/mol. The van der Waals surface area contributed by atoms with Crippen LogP contribution in [0.5, 0.6) is 0 Å². The first kappa shape index (κ1) is 9.21. The van der Waals surface area contributed by atoms with Crippen LogP contribution in [0.1, 0.15) is 11.1 Å². The lowest BCUT2D eigenvalue weighted by Crippen LogP contribution is -1.84. The first-order valence-corrected chi connectivity index (χ1v) is 4.61. The maximum Gasteiger partial charge on any atom is 0.320 e. The van der Waals surface area contributed by atoms with Gasteiger partial charge in [-0.25, -0.2) is 0 Å². The van der Waals surface area contributed by atoms with Crippen LogP contribution in [0.15, 0.2) is 22.7 Å². The van der Waals surface area contributed by atoms with Gasteiger partial charge in [0.1, 0.15) is 0 Å². The number of aromatic nitrogens is 2. The minimum absolute atomic E-state index is 0.0678. The normalized spacial score (nSPS) is 10.5. The molecule has 0 atom stereocenters. The molecule has 2 rings (SSSR count). The van der Waals surface area contributed by atoms with E-state index in [1.165, 1.54) is 11.1 Å². The van der Waals surface area contributed by atoms with Crippen molar-refractivity contribution in [1.29, 1.82) is 0 Å². The Hall–Kier alpha value is -1.35. The van der Waals surface area contributed by atoms with Crippen LogP contribution in [0, 0.1) is 13.8 Å². The lowest BCUT2D eigenvalue weighted by molar-refractivity contribution is 0.421. The Bertz CT molecular complexity index is 465. The third-order valence-corrected chi connectivity index (χ3v) is 2.32. The monoisotopic (exact) mass is 208 g/mol. The van der Waals surface area contributed by atoms with Gasteiger partial charge >= 0.3 is 5.35 Å². The van der Waals surface area contributed by atoms with Gasteiger partial charge in [0.05, 0.1) is 0 Å². The van der Waals surface area contributed by atoms with Gasteiger partial charge in [0, 0.05) is 5.56 Å². The second-order valence-electron chi connectivity index (χ2n) is 3.17. The Balaban J connectivity index is 2.47. The highest BCUT2D eigenvalue weighted by molar-refractivity contribution is 6.27. The van der Waals surface area contributed by atoms with E-state index in [-0.39, 0.29) is 5.35 Å². The van der Waals surface area contributed by atoms with Crippen LogP contribution >= 0.6 is 11.6 Å². The van der Waals surface area contributed by atoms with Crippen LogP contribution < -0.4 is 0 Å². The maximum absolute atomic E-state index is 5.54. The summed E-state index contributed by atoms with van der Waals surface area (Å²) in [4.78, 5) is 3.94. The Kier molecular flexibility index (Phi) is 2.25. The van der Waals surface area contributed by atoms with Gasteiger partial charge in [0.25, 0.3) is 0 Å². The van der Waals surface area contributed by atoms with Crippen LogP contribution in [0.3, 0.4) is 0 Å². The van der Waals surface area contributed by atoms with Crippen molar-refractivity contribution < 1.29 is 4.52 Å². The van der Waals surface area contributed by atoms with Gasteiger partial charge in [-0.2, -0.15) is 4.98 Å². The van der Waals surface area contributed by atoms with Gasteiger partial charge in [-0.05, 0) is 42.6 Å². The van der Waals surface area contributed by atoms with E-state index >= 15 is 0 Å². The van der Waals surface area contributed by atoms with Gasteiger partial charge in [-0.1, -0.05) is 17.3 Å². The zero-order chi connectivity index (χ0) is 10.1. The van der Waals surface area contributed by atoms with Crippen LogP contribution in [0.2, 0.25) is 5.35 Å². The first-order chi connectivity index (χ1) is 6.66. The van der Waals surface area contributed by atoms with E-state index in [4.69, 9.17) is 16.1 Å². The van der Waals surface area contributed by atoms with E-state index in [0.29, 0.717) is 5.82 Å². The molecular formula is C10H9ClN2O. The van der Waals surface area contributed by atoms with Gasteiger partial charge in [-0.3, -0.25) is 0 Å². The summed E-state index contributed by atoms with van der Waals surface area (Å²) in [6, 6.07) is 5.98. The summed E-state index contributed by atoms with van der Waals surface area (Å²) in [5.41, 5.74) is 3.36. The van der Waals surface area contributed by atoms with Crippen LogP contribution in [-0.4, -0.2) is 10.1 Å². The second kappa shape index (κ2) is 3.42. The molecule has 0 fully saturated rings. The van der Waals surface area contributed by atoms with E-state index in [9.17, 15) is 0 Å². The topological polar surface area (TPSA) is 38.9 Å². The van der Waals surface area contributed by atoms with E-state index in [1.807, 2.05) is 25.1 Å². The molecular weight excluding hydrogens is 200 g/mol. The molecule has 0 N–H and O–H groups in total. The molecule has 0 unspecified atom stereocenters. The van der Waals surface area contributed by atoms with E-state index in [0.717, 1.165) is 5.56 Å². The molecule has 0 saturated carbocycles. The average Bonchev–Trinajstić information content (AvgIpc) is 2.57. The fourth-order valence-corrected chi connectivity index (χ4v) is 1.32. The first-order valence-electron chi connectivity index (χ1n) is 4.23. The number of halogens is 1. The van der Waals surface area contributed by atoms with Gasteiger partial charge in [-0.15, -0.1) is 0 Å². The maximum atomic E-state index is 5.54. The summed E-state index contributed by atoms with van der Waals surface area (Å²) in [6.07, 6.45) is 0. The Morgan fingerprint density at radius 1 is 1.21 bits per heavy atom. The Labute approximate surface area is 86.7 Å². The molecule has 0 aliphatic carbocycles. The summed E-state index contributed by atoms with van der Waals surface area (Å²) < 4.78 is 4.69. The molecule has 1 aromatic heterocycles. The van der Waals surface area contributed by atoms with Crippen molar-refractivity contribution in [3.63, 3.8) is 0 Å². The lowest BCUT2D eigenvalue weighted by atomic mass is 10.1. The summed E-state index contributed by atoms with van der Waals surface area (Å²) in [7, 11) is 0. The zero-order valence-corrected chi connectivity index (χ0v) is 8.67. The van der Waals surface area contributed by atoms with Crippen LogP contribution in [0.4, 0.5) is 0 Å². The van der Waals surface area contributed by atoms with Crippen molar-refractivity contribution in [2.75, 3.05) is 0 Å². The highest BCUT2D eigenvalue weighted by atomic mass is 35.5. The fourth-order valence-electron chi connectivity index (χ4n) is 1.20. The predicted octanol–water partition coefficient (Wildman–Crippen LogP) is 3.01. The third-order valence-electron chi connectivity index (χ3n) is 2.17. The van der Waals surface area contributed by atoms with Crippen LogP contribution in [0.25, 0.3) is 11.4 Å². The summed E-state index contributed by atoms with van der Waals surface area (Å²) in [6.45, 7) is 4.10. The molecule has 72 valence electrons.